The van der Waals surface area contributed by atoms with Crippen molar-refractivity contribution in [1.82, 2.24) is 9.88 Å². The van der Waals surface area contributed by atoms with Gasteiger partial charge >= 0.3 is 0 Å². The van der Waals surface area contributed by atoms with Crippen LogP contribution in [0.4, 0.5) is 5.69 Å². The van der Waals surface area contributed by atoms with Crippen molar-refractivity contribution in [3.8, 4) is 0 Å². The number of carbonyl (C=O) groups excluding carboxylic acids is 1. The number of nitrogens with one attached hydrogen (secondary N) is 1. The first kappa shape index (κ1) is 13.5. The van der Waals surface area contributed by atoms with Crippen molar-refractivity contribution < 1.29 is 4.79 Å². The minimum atomic E-state index is 0.0629. The molecule has 0 atom stereocenters. The summed E-state index contributed by atoms with van der Waals surface area (Å²) in [6, 6.07) is 1.76. The third-order valence-corrected chi connectivity index (χ3v) is 2.58. The normalized spacial score (nSPS) is 10.4. The monoisotopic (exact) mass is 235 g/mol. The van der Waals surface area contributed by atoms with E-state index in [0.29, 0.717) is 11.5 Å². The summed E-state index contributed by atoms with van der Waals surface area (Å²) in [5, 5.41) is 3.00. The van der Waals surface area contributed by atoms with Crippen molar-refractivity contribution in [2.24, 2.45) is 5.92 Å². The van der Waals surface area contributed by atoms with Crippen molar-refractivity contribution in [1.29, 1.82) is 0 Å². The summed E-state index contributed by atoms with van der Waals surface area (Å²) in [5.74, 6) is 0.534. The Balaban J connectivity index is 2.93. The van der Waals surface area contributed by atoms with Gasteiger partial charge < -0.3 is 10.2 Å². The van der Waals surface area contributed by atoms with Crippen LogP contribution in [0, 0.1) is 5.92 Å². The lowest BCUT2D eigenvalue weighted by molar-refractivity contribution is 0.0746. The summed E-state index contributed by atoms with van der Waals surface area (Å²) in [5.41, 5.74) is 1.46. The van der Waals surface area contributed by atoms with Crippen LogP contribution in [0.1, 0.15) is 31.1 Å². The Morgan fingerprint density at radius 3 is 2.76 bits per heavy atom. The maximum absolute atomic E-state index is 12.3. The molecular weight excluding hydrogens is 214 g/mol. The van der Waals surface area contributed by atoms with E-state index in [2.05, 4.69) is 24.1 Å². The summed E-state index contributed by atoms with van der Waals surface area (Å²) < 4.78 is 0. The standard InChI is InChI=1S/C13H21N3O/c1-5-16(9-10(2)3)13(17)11-6-7-15-8-12(11)14-4/h6-8,10,14H,5,9H2,1-4H3. The molecule has 1 aromatic rings. The molecule has 0 aromatic carbocycles. The van der Waals surface area contributed by atoms with E-state index in [1.165, 1.54) is 0 Å². The Labute approximate surface area is 103 Å². The van der Waals surface area contributed by atoms with Gasteiger partial charge in [0.2, 0.25) is 0 Å². The molecule has 17 heavy (non-hydrogen) atoms. The van der Waals surface area contributed by atoms with Gasteiger partial charge in [-0.05, 0) is 18.9 Å². The highest BCUT2D eigenvalue weighted by Gasteiger charge is 2.17. The van der Waals surface area contributed by atoms with Crippen LogP contribution < -0.4 is 5.32 Å². The topological polar surface area (TPSA) is 45.2 Å². The van der Waals surface area contributed by atoms with E-state index in [-0.39, 0.29) is 5.91 Å². The minimum Gasteiger partial charge on any atom is -0.386 e. The smallest absolute Gasteiger partial charge is 0.256 e. The van der Waals surface area contributed by atoms with Gasteiger partial charge in [0.15, 0.2) is 0 Å². The molecule has 1 amide bonds. The van der Waals surface area contributed by atoms with E-state index in [4.69, 9.17) is 0 Å². The van der Waals surface area contributed by atoms with Gasteiger partial charge in [0.25, 0.3) is 5.91 Å². The van der Waals surface area contributed by atoms with E-state index in [0.717, 1.165) is 18.8 Å². The van der Waals surface area contributed by atoms with Crippen molar-refractivity contribution in [2.45, 2.75) is 20.8 Å². The largest absolute Gasteiger partial charge is 0.386 e. The maximum atomic E-state index is 12.3. The molecule has 0 saturated carbocycles. The number of aromatic nitrogens is 1. The van der Waals surface area contributed by atoms with Crippen LogP contribution in [0.25, 0.3) is 0 Å². The molecule has 0 saturated heterocycles. The molecular formula is C13H21N3O. The van der Waals surface area contributed by atoms with Crippen LogP contribution >= 0.6 is 0 Å². The number of amides is 1. The van der Waals surface area contributed by atoms with Crippen LogP contribution in [0.15, 0.2) is 18.5 Å². The summed E-state index contributed by atoms with van der Waals surface area (Å²) in [4.78, 5) is 18.2. The van der Waals surface area contributed by atoms with Crippen molar-refractivity contribution >= 4 is 11.6 Å². The van der Waals surface area contributed by atoms with Crippen molar-refractivity contribution in [3.05, 3.63) is 24.0 Å². The van der Waals surface area contributed by atoms with Gasteiger partial charge in [0.1, 0.15) is 0 Å². The van der Waals surface area contributed by atoms with Gasteiger partial charge in [-0.3, -0.25) is 9.78 Å². The summed E-state index contributed by atoms with van der Waals surface area (Å²) >= 11 is 0. The minimum absolute atomic E-state index is 0.0629. The molecule has 0 aliphatic carbocycles. The third-order valence-electron chi connectivity index (χ3n) is 2.58. The zero-order chi connectivity index (χ0) is 12.8. The molecule has 1 N–H and O–H groups in total. The number of carbonyl (C=O) groups is 1. The average Bonchev–Trinajstić information content (AvgIpc) is 2.34. The highest BCUT2D eigenvalue weighted by molar-refractivity contribution is 5.99. The molecule has 1 rings (SSSR count). The maximum Gasteiger partial charge on any atom is 0.256 e. The Kier molecular flexibility index (Phi) is 4.94. The average molecular weight is 235 g/mol. The lowest BCUT2D eigenvalue weighted by Gasteiger charge is -2.23. The molecule has 4 heteroatoms. The highest BCUT2D eigenvalue weighted by atomic mass is 16.2. The van der Waals surface area contributed by atoms with E-state index < -0.39 is 0 Å². The third kappa shape index (κ3) is 3.44. The molecule has 0 fully saturated rings. The first-order valence-electron chi connectivity index (χ1n) is 6.01. The Hall–Kier alpha value is -1.58. The van der Waals surface area contributed by atoms with Gasteiger partial charge in [-0.25, -0.2) is 0 Å². The van der Waals surface area contributed by atoms with Gasteiger partial charge in [0.05, 0.1) is 17.4 Å². The molecule has 94 valence electrons. The number of hydrogen-bond donors (Lipinski definition) is 1. The van der Waals surface area contributed by atoms with Crippen LogP contribution in [-0.4, -0.2) is 35.9 Å². The van der Waals surface area contributed by atoms with Gasteiger partial charge in [0, 0.05) is 26.3 Å². The molecule has 4 nitrogen and oxygen atoms in total. The summed E-state index contributed by atoms with van der Waals surface area (Å²) in [7, 11) is 1.80. The molecule has 0 bridgehead atoms. The quantitative estimate of drug-likeness (QED) is 0.851. The first-order valence-corrected chi connectivity index (χ1v) is 6.01. The van der Waals surface area contributed by atoms with E-state index in [9.17, 15) is 4.79 Å². The number of rotatable bonds is 5. The SMILES string of the molecule is CCN(CC(C)C)C(=O)c1ccncc1NC. The second-order valence-corrected chi connectivity index (χ2v) is 4.41. The second kappa shape index (κ2) is 6.23. The van der Waals surface area contributed by atoms with Crippen LogP contribution in [0.5, 0.6) is 0 Å². The second-order valence-electron chi connectivity index (χ2n) is 4.41. The Morgan fingerprint density at radius 1 is 1.53 bits per heavy atom. The highest BCUT2D eigenvalue weighted by Crippen LogP contribution is 2.15. The molecule has 0 spiro atoms. The number of hydrogen-bond acceptors (Lipinski definition) is 3. The van der Waals surface area contributed by atoms with E-state index in [1.807, 2.05) is 11.8 Å². The van der Waals surface area contributed by atoms with Gasteiger partial charge in [-0.15, -0.1) is 0 Å². The Bertz CT molecular complexity index is 377. The van der Waals surface area contributed by atoms with Crippen LogP contribution in [-0.2, 0) is 0 Å². The molecule has 0 aliphatic heterocycles. The molecule has 0 aliphatic rings. The summed E-state index contributed by atoms with van der Waals surface area (Å²) in [6.45, 7) is 7.73. The predicted octanol–water partition coefficient (Wildman–Crippen LogP) is 2.24. The first-order chi connectivity index (χ1) is 8.10. The molecule has 1 heterocycles. The van der Waals surface area contributed by atoms with Crippen molar-refractivity contribution in [3.63, 3.8) is 0 Å². The predicted molar refractivity (Wildman–Crippen MR) is 70.2 cm³/mol. The number of anilines is 1. The van der Waals surface area contributed by atoms with Gasteiger partial charge in [-0.1, -0.05) is 13.8 Å². The van der Waals surface area contributed by atoms with Crippen LogP contribution in [0.3, 0.4) is 0 Å². The molecule has 0 unspecified atom stereocenters. The number of pyridine rings is 1. The number of nitrogens with zero attached hydrogens (tertiary/aromatic N) is 2. The fraction of sp³-hybridized carbons (Fsp3) is 0.538. The summed E-state index contributed by atoms with van der Waals surface area (Å²) in [6.07, 6.45) is 3.33. The zero-order valence-electron chi connectivity index (χ0n) is 11.0. The van der Waals surface area contributed by atoms with E-state index >= 15 is 0 Å². The van der Waals surface area contributed by atoms with Crippen LogP contribution in [0.2, 0.25) is 0 Å². The Morgan fingerprint density at radius 2 is 2.24 bits per heavy atom. The zero-order valence-corrected chi connectivity index (χ0v) is 11.0. The van der Waals surface area contributed by atoms with Crippen molar-refractivity contribution in [2.75, 3.05) is 25.5 Å². The molecule has 1 aromatic heterocycles. The van der Waals surface area contributed by atoms with Gasteiger partial charge in [-0.2, -0.15) is 0 Å². The lowest BCUT2D eigenvalue weighted by Crippen LogP contribution is -2.34. The van der Waals surface area contributed by atoms with E-state index in [1.54, 1.807) is 25.5 Å². The molecule has 0 radical (unpaired) electrons. The lowest BCUT2D eigenvalue weighted by atomic mass is 10.1. The fourth-order valence-corrected chi connectivity index (χ4v) is 1.75. The fourth-order valence-electron chi connectivity index (χ4n) is 1.75.